The molecular weight excluding hydrogens is 304 g/mol. The lowest BCUT2D eigenvalue weighted by Gasteiger charge is -2.05. The quantitative estimate of drug-likeness (QED) is 0.918. The molecule has 0 unspecified atom stereocenters. The van der Waals surface area contributed by atoms with E-state index in [9.17, 15) is 4.79 Å². The molecule has 17 heavy (non-hydrogen) atoms. The second-order valence-electron chi connectivity index (χ2n) is 3.30. The van der Waals surface area contributed by atoms with E-state index in [4.69, 9.17) is 11.6 Å². The molecule has 0 aliphatic rings. The predicted octanol–water partition coefficient (Wildman–Crippen LogP) is 3.75. The Hall–Kier alpha value is -1.39. The molecule has 1 amide bonds. The van der Waals surface area contributed by atoms with E-state index in [0.29, 0.717) is 20.9 Å². The number of amides is 1. The van der Waals surface area contributed by atoms with Crippen molar-refractivity contribution in [1.29, 1.82) is 0 Å². The van der Waals surface area contributed by atoms with Crippen LogP contribution in [0.15, 0.2) is 47.1 Å². The van der Waals surface area contributed by atoms with Crippen LogP contribution in [-0.4, -0.2) is 10.9 Å². The molecule has 3 nitrogen and oxygen atoms in total. The molecule has 0 radical (unpaired) electrons. The largest absolute Gasteiger partial charge is 0.321 e. The van der Waals surface area contributed by atoms with Gasteiger partial charge >= 0.3 is 0 Å². The molecule has 0 fully saturated rings. The summed E-state index contributed by atoms with van der Waals surface area (Å²) in [6, 6.07) is 10.5. The Labute approximate surface area is 112 Å². The molecule has 0 saturated heterocycles. The fourth-order valence-electron chi connectivity index (χ4n) is 1.31. The third-order valence-corrected chi connectivity index (χ3v) is 2.93. The van der Waals surface area contributed by atoms with E-state index < -0.39 is 0 Å². The number of hydrogen-bond donors (Lipinski definition) is 1. The lowest BCUT2D eigenvalue weighted by Crippen LogP contribution is -2.14. The van der Waals surface area contributed by atoms with Crippen LogP contribution in [0.2, 0.25) is 5.02 Å². The highest BCUT2D eigenvalue weighted by atomic mass is 79.9. The first-order valence-corrected chi connectivity index (χ1v) is 6.01. The van der Waals surface area contributed by atoms with E-state index >= 15 is 0 Å². The molecule has 0 atom stereocenters. The Morgan fingerprint density at radius 3 is 2.82 bits per heavy atom. The highest BCUT2D eigenvalue weighted by molar-refractivity contribution is 9.10. The number of halogens is 2. The van der Waals surface area contributed by atoms with Crippen LogP contribution in [0.1, 0.15) is 10.5 Å². The predicted molar refractivity (Wildman–Crippen MR) is 71.3 cm³/mol. The van der Waals surface area contributed by atoms with Crippen LogP contribution in [-0.2, 0) is 0 Å². The van der Waals surface area contributed by atoms with Gasteiger partial charge in [0.15, 0.2) is 0 Å². The zero-order valence-corrected chi connectivity index (χ0v) is 11.0. The molecule has 1 N–H and O–H groups in total. The number of hydrogen-bond acceptors (Lipinski definition) is 2. The third-order valence-electron chi connectivity index (χ3n) is 2.06. The summed E-state index contributed by atoms with van der Waals surface area (Å²) in [7, 11) is 0. The summed E-state index contributed by atoms with van der Waals surface area (Å²) >= 11 is 9.10. The SMILES string of the molecule is O=C(Nc1cccc(Cl)c1)c1ncccc1Br. The van der Waals surface area contributed by atoms with Crippen molar-refractivity contribution in [2.24, 2.45) is 0 Å². The monoisotopic (exact) mass is 310 g/mol. The van der Waals surface area contributed by atoms with Crippen molar-refractivity contribution in [2.45, 2.75) is 0 Å². The van der Waals surface area contributed by atoms with Crippen molar-refractivity contribution in [1.82, 2.24) is 4.98 Å². The summed E-state index contributed by atoms with van der Waals surface area (Å²) in [6.07, 6.45) is 1.57. The van der Waals surface area contributed by atoms with Crippen LogP contribution >= 0.6 is 27.5 Å². The highest BCUT2D eigenvalue weighted by Gasteiger charge is 2.11. The van der Waals surface area contributed by atoms with E-state index in [-0.39, 0.29) is 5.91 Å². The highest BCUT2D eigenvalue weighted by Crippen LogP contribution is 2.18. The maximum atomic E-state index is 11.9. The van der Waals surface area contributed by atoms with Gasteiger partial charge in [0.05, 0.1) is 0 Å². The van der Waals surface area contributed by atoms with Crippen LogP contribution < -0.4 is 5.32 Å². The fraction of sp³-hybridized carbons (Fsp3) is 0. The standard InChI is InChI=1S/C12H8BrClN2O/c13-10-5-2-6-15-11(10)12(17)16-9-4-1-3-8(14)7-9/h1-7H,(H,16,17). The zero-order valence-electron chi connectivity index (χ0n) is 8.65. The molecule has 0 aliphatic carbocycles. The van der Waals surface area contributed by atoms with Gasteiger partial charge < -0.3 is 5.32 Å². The molecule has 5 heteroatoms. The van der Waals surface area contributed by atoms with Crippen molar-refractivity contribution in [2.75, 3.05) is 5.32 Å². The summed E-state index contributed by atoms with van der Waals surface area (Å²) in [5, 5.41) is 3.30. The van der Waals surface area contributed by atoms with Gasteiger partial charge in [0.25, 0.3) is 5.91 Å². The van der Waals surface area contributed by atoms with E-state index in [1.165, 1.54) is 0 Å². The molecule has 2 rings (SSSR count). The van der Waals surface area contributed by atoms with Gasteiger partial charge in [-0.2, -0.15) is 0 Å². The molecule has 0 spiro atoms. The maximum Gasteiger partial charge on any atom is 0.275 e. The molecule has 86 valence electrons. The van der Waals surface area contributed by atoms with Gasteiger partial charge in [0.2, 0.25) is 0 Å². The zero-order chi connectivity index (χ0) is 12.3. The molecule has 1 heterocycles. The van der Waals surface area contributed by atoms with Crippen molar-refractivity contribution in [3.8, 4) is 0 Å². The lowest BCUT2D eigenvalue weighted by atomic mass is 10.3. The van der Waals surface area contributed by atoms with Crippen molar-refractivity contribution in [3.63, 3.8) is 0 Å². The number of aromatic nitrogens is 1. The molecule has 1 aromatic carbocycles. The van der Waals surface area contributed by atoms with E-state index in [2.05, 4.69) is 26.2 Å². The summed E-state index contributed by atoms with van der Waals surface area (Å²) in [5.74, 6) is -0.278. The van der Waals surface area contributed by atoms with Crippen LogP contribution in [0.5, 0.6) is 0 Å². The average molecular weight is 312 g/mol. The Morgan fingerprint density at radius 2 is 2.12 bits per heavy atom. The molecule has 0 bridgehead atoms. The van der Waals surface area contributed by atoms with Crippen LogP contribution in [0, 0.1) is 0 Å². The molecule has 0 saturated carbocycles. The second-order valence-corrected chi connectivity index (χ2v) is 4.59. The topological polar surface area (TPSA) is 42.0 Å². The van der Waals surface area contributed by atoms with Gasteiger partial charge in [0, 0.05) is 21.4 Å². The summed E-state index contributed by atoms with van der Waals surface area (Å²) < 4.78 is 0.652. The Morgan fingerprint density at radius 1 is 1.29 bits per heavy atom. The van der Waals surface area contributed by atoms with Crippen molar-refractivity contribution >= 4 is 39.1 Å². The first kappa shape index (κ1) is 12.1. The number of carbonyl (C=O) groups is 1. The summed E-state index contributed by atoms with van der Waals surface area (Å²) in [6.45, 7) is 0. The Balaban J connectivity index is 2.20. The van der Waals surface area contributed by atoms with Gasteiger partial charge in [-0.05, 0) is 46.3 Å². The van der Waals surface area contributed by atoms with Crippen LogP contribution in [0.3, 0.4) is 0 Å². The number of anilines is 1. The minimum atomic E-state index is -0.278. The fourth-order valence-corrected chi connectivity index (χ4v) is 1.93. The Bertz CT molecular complexity index is 560. The first-order valence-electron chi connectivity index (χ1n) is 4.84. The number of rotatable bonds is 2. The van der Waals surface area contributed by atoms with Crippen molar-refractivity contribution < 1.29 is 4.79 Å². The van der Waals surface area contributed by atoms with Gasteiger partial charge in [-0.25, -0.2) is 4.98 Å². The Kier molecular flexibility index (Phi) is 3.76. The number of nitrogens with one attached hydrogen (secondary N) is 1. The number of pyridine rings is 1. The van der Waals surface area contributed by atoms with Gasteiger partial charge in [-0.15, -0.1) is 0 Å². The van der Waals surface area contributed by atoms with E-state index in [1.54, 1.807) is 42.6 Å². The maximum absolute atomic E-state index is 11.9. The van der Waals surface area contributed by atoms with E-state index in [0.717, 1.165) is 0 Å². The van der Waals surface area contributed by atoms with Gasteiger partial charge in [0.1, 0.15) is 5.69 Å². The lowest BCUT2D eigenvalue weighted by molar-refractivity contribution is 0.102. The number of carbonyl (C=O) groups excluding carboxylic acids is 1. The third kappa shape index (κ3) is 3.05. The first-order chi connectivity index (χ1) is 8.16. The minimum Gasteiger partial charge on any atom is -0.321 e. The second kappa shape index (κ2) is 5.29. The van der Waals surface area contributed by atoms with Crippen molar-refractivity contribution in [3.05, 3.63) is 57.8 Å². The van der Waals surface area contributed by atoms with Crippen LogP contribution in [0.4, 0.5) is 5.69 Å². The number of benzene rings is 1. The molecule has 2 aromatic rings. The minimum absolute atomic E-state index is 0.278. The van der Waals surface area contributed by atoms with Crippen LogP contribution in [0.25, 0.3) is 0 Å². The molecule has 1 aromatic heterocycles. The summed E-state index contributed by atoms with van der Waals surface area (Å²) in [5.41, 5.74) is 0.979. The normalized spacial score (nSPS) is 10.0. The molecular formula is C12H8BrClN2O. The smallest absolute Gasteiger partial charge is 0.275 e. The molecule has 0 aliphatic heterocycles. The van der Waals surface area contributed by atoms with Gasteiger partial charge in [-0.3, -0.25) is 4.79 Å². The van der Waals surface area contributed by atoms with E-state index in [1.807, 2.05) is 0 Å². The van der Waals surface area contributed by atoms with Gasteiger partial charge in [-0.1, -0.05) is 17.7 Å². The number of nitrogens with zero attached hydrogens (tertiary/aromatic N) is 1. The average Bonchev–Trinajstić information content (AvgIpc) is 2.29. The summed E-state index contributed by atoms with van der Waals surface area (Å²) in [4.78, 5) is 15.9.